The van der Waals surface area contributed by atoms with E-state index in [0.29, 0.717) is 18.0 Å². The number of nitrogens with one attached hydrogen (secondary N) is 1. The van der Waals surface area contributed by atoms with Crippen molar-refractivity contribution in [2.75, 3.05) is 17.5 Å². The maximum Gasteiger partial charge on any atom is 0.264 e. The minimum Gasteiger partial charge on any atom is -0.494 e. The van der Waals surface area contributed by atoms with Crippen LogP contribution in [-0.2, 0) is 26.2 Å². The van der Waals surface area contributed by atoms with Crippen molar-refractivity contribution in [1.82, 2.24) is 10.2 Å². The number of carbonyl (C=O) groups excluding carboxylic acids is 2. The van der Waals surface area contributed by atoms with E-state index in [1.807, 2.05) is 45.0 Å². The van der Waals surface area contributed by atoms with E-state index in [-0.39, 0.29) is 23.4 Å². The monoisotopic (exact) mass is 693 g/mol. The van der Waals surface area contributed by atoms with Gasteiger partial charge in [0.25, 0.3) is 10.0 Å². The molecule has 0 saturated heterocycles. The second kappa shape index (κ2) is 14.1. The van der Waals surface area contributed by atoms with Gasteiger partial charge in [-0.15, -0.1) is 0 Å². The largest absolute Gasteiger partial charge is 0.494 e. The molecule has 1 unspecified atom stereocenters. The summed E-state index contributed by atoms with van der Waals surface area (Å²) in [7, 11) is -4.15. The lowest BCUT2D eigenvalue weighted by atomic mass is 10.1. The number of hydrogen-bond acceptors (Lipinski definition) is 5. The molecule has 214 valence electrons. The third kappa shape index (κ3) is 8.31. The minimum atomic E-state index is -4.15. The maximum atomic E-state index is 13.9. The summed E-state index contributed by atoms with van der Waals surface area (Å²) in [6.07, 6.45) is 0. The van der Waals surface area contributed by atoms with Crippen molar-refractivity contribution in [1.29, 1.82) is 0 Å². The highest BCUT2D eigenvalue weighted by atomic mass is 79.9. The number of amides is 2. The summed E-state index contributed by atoms with van der Waals surface area (Å²) < 4.78 is 35.9. The SMILES string of the molecule is CCOc1ccc(N(CC(=O)N(Cc2ccc(Br)cc2)C(C)C(=O)NC(C)C)S(=O)(=O)c2ccc(Br)cc2)cc1. The van der Waals surface area contributed by atoms with Gasteiger partial charge in [0.05, 0.1) is 17.2 Å². The molecular formula is C29H33Br2N3O5S. The number of anilines is 1. The lowest BCUT2D eigenvalue weighted by Gasteiger charge is -2.32. The number of halogens is 2. The van der Waals surface area contributed by atoms with Gasteiger partial charge in [0.1, 0.15) is 18.3 Å². The molecule has 3 rings (SSSR count). The molecule has 3 aromatic carbocycles. The molecule has 2 amide bonds. The normalized spacial score (nSPS) is 12.1. The fraction of sp³-hybridized carbons (Fsp3) is 0.310. The lowest BCUT2D eigenvalue weighted by molar-refractivity contribution is -0.139. The molecule has 8 nitrogen and oxygen atoms in total. The molecule has 1 atom stereocenters. The van der Waals surface area contributed by atoms with Crippen LogP contribution >= 0.6 is 31.9 Å². The van der Waals surface area contributed by atoms with Crippen molar-refractivity contribution in [3.05, 3.63) is 87.3 Å². The van der Waals surface area contributed by atoms with Gasteiger partial charge in [-0.3, -0.25) is 13.9 Å². The molecule has 0 fully saturated rings. The first-order valence-electron chi connectivity index (χ1n) is 12.8. The van der Waals surface area contributed by atoms with E-state index in [0.717, 1.165) is 18.8 Å². The lowest BCUT2D eigenvalue weighted by Crippen LogP contribution is -2.52. The Morgan fingerprint density at radius 1 is 0.875 bits per heavy atom. The Labute approximate surface area is 253 Å². The average molecular weight is 695 g/mol. The standard InChI is InChI=1S/C29H33Br2N3O5S/c1-5-39-26-14-12-25(13-15-26)34(40(37,38)27-16-10-24(31)11-17-27)19-28(35)33(21(4)29(36)32-20(2)3)18-22-6-8-23(30)9-7-22/h6-17,20-21H,5,18-19H2,1-4H3,(H,32,36). The molecule has 40 heavy (non-hydrogen) atoms. The third-order valence-electron chi connectivity index (χ3n) is 5.98. The predicted octanol–water partition coefficient (Wildman–Crippen LogP) is 5.75. The number of benzene rings is 3. The van der Waals surface area contributed by atoms with E-state index >= 15 is 0 Å². The summed E-state index contributed by atoms with van der Waals surface area (Å²) in [6, 6.07) is 19.1. The van der Waals surface area contributed by atoms with Crippen LogP contribution in [0.25, 0.3) is 0 Å². The summed E-state index contributed by atoms with van der Waals surface area (Å²) in [4.78, 5) is 28.3. The maximum absolute atomic E-state index is 13.9. The number of rotatable bonds is 12. The summed E-state index contributed by atoms with van der Waals surface area (Å²) in [5.41, 5.74) is 1.09. The van der Waals surface area contributed by atoms with Crippen LogP contribution in [0.1, 0.15) is 33.3 Å². The van der Waals surface area contributed by atoms with E-state index in [1.165, 1.54) is 17.0 Å². The van der Waals surface area contributed by atoms with Crippen LogP contribution in [0.3, 0.4) is 0 Å². The molecule has 0 saturated carbocycles. The number of ether oxygens (including phenoxy) is 1. The van der Waals surface area contributed by atoms with Crippen LogP contribution in [0, 0.1) is 0 Å². The highest BCUT2D eigenvalue weighted by Crippen LogP contribution is 2.27. The number of nitrogens with zero attached hydrogens (tertiary/aromatic N) is 2. The first-order valence-corrected chi connectivity index (χ1v) is 15.8. The topological polar surface area (TPSA) is 96.0 Å². The van der Waals surface area contributed by atoms with Crippen LogP contribution in [0.2, 0.25) is 0 Å². The predicted molar refractivity (Wildman–Crippen MR) is 164 cm³/mol. The summed E-state index contributed by atoms with van der Waals surface area (Å²) in [6.45, 7) is 7.23. The first kappa shape index (κ1) is 31.6. The Morgan fingerprint density at radius 2 is 1.43 bits per heavy atom. The van der Waals surface area contributed by atoms with Crippen molar-refractivity contribution in [3.8, 4) is 5.75 Å². The van der Waals surface area contributed by atoms with Crippen molar-refractivity contribution in [2.24, 2.45) is 0 Å². The van der Waals surface area contributed by atoms with Gasteiger partial charge in [-0.05, 0) is 93.9 Å². The van der Waals surface area contributed by atoms with Crippen molar-refractivity contribution < 1.29 is 22.7 Å². The molecule has 1 N–H and O–H groups in total. The molecule has 3 aromatic rings. The van der Waals surface area contributed by atoms with Crippen molar-refractivity contribution >= 4 is 59.4 Å². The first-order chi connectivity index (χ1) is 18.9. The average Bonchev–Trinajstić information content (AvgIpc) is 2.91. The van der Waals surface area contributed by atoms with E-state index in [4.69, 9.17) is 4.74 Å². The Hall–Kier alpha value is -2.89. The highest BCUT2D eigenvalue weighted by molar-refractivity contribution is 9.10. The van der Waals surface area contributed by atoms with Gasteiger partial charge in [0.2, 0.25) is 11.8 Å². The molecule has 0 aromatic heterocycles. The zero-order chi connectivity index (χ0) is 29.4. The quantitative estimate of drug-likeness (QED) is 0.261. The molecule has 11 heteroatoms. The van der Waals surface area contributed by atoms with Crippen molar-refractivity contribution in [3.63, 3.8) is 0 Å². The van der Waals surface area contributed by atoms with E-state index in [1.54, 1.807) is 43.3 Å². The Bertz CT molecular complexity index is 1400. The Morgan fingerprint density at radius 3 is 1.95 bits per heavy atom. The van der Waals surface area contributed by atoms with Crippen molar-refractivity contribution in [2.45, 2.75) is 51.2 Å². The van der Waals surface area contributed by atoms with Gasteiger partial charge in [0.15, 0.2) is 0 Å². The molecule has 0 aliphatic rings. The zero-order valence-electron chi connectivity index (χ0n) is 22.8. The van der Waals surface area contributed by atoms with Gasteiger partial charge < -0.3 is 15.0 Å². The second-order valence-corrected chi connectivity index (χ2v) is 13.1. The Kier molecular flexibility index (Phi) is 11.2. The van der Waals surface area contributed by atoms with E-state index in [2.05, 4.69) is 37.2 Å². The molecule has 0 heterocycles. The fourth-order valence-electron chi connectivity index (χ4n) is 3.91. The van der Waals surface area contributed by atoms with Gasteiger partial charge >= 0.3 is 0 Å². The van der Waals surface area contributed by atoms with Gasteiger partial charge in [-0.2, -0.15) is 0 Å². The molecule has 0 radical (unpaired) electrons. The van der Waals surface area contributed by atoms with Crippen LogP contribution in [0.4, 0.5) is 5.69 Å². The van der Waals surface area contributed by atoms with Crippen LogP contribution in [0.15, 0.2) is 86.6 Å². The van der Waals surface area contributed by atoms with Crippen LogP contribution in [0.5, 0.6) is 5.75 Å². The van der Waals surface area contributed by atoms with Gasteiger partial charge in [-0.1, -0.05) is 44.0 Å². The highest BCUT2D eigenvalue weighted by Gasteiger charge is 2.32. The molecule has 0 bridgehead atoms. The van der Waals surface area contributed by atoms with Crippen LogP contribution < -0.4 is 14.4 Å². The molecular weight excluding hydrogens is 662 g/mol. The fourth-order valence-corrected chi connectivity index (χ4v) is 5.85. The summed E-state index contributed by atoms with van der Waals surface area (Å²) in [5.74, 6) is -0.276. The molecule has 0 aliphatic heterocycles. The van der Waals surface area contributed by atoms with Gasteiger partial charge in [0, 0.05) is 21.5 Å². The number of carbonyl (C=O) groups is 2. The van der Waals surface area contributed by atoms with Gasteiger partial charge in [-0.25, -0.2) is 8.42 Å². The smallest absolute Gasteiger partial charge is 0.264 e. The van der Waals surface area contributed by atoms with E-state index in [9.17, 15) is 18.0 Å². The molecule has 0 aliphatic carbocycles. The molecule has 0 spiro atoms. The number of sulfonamides is 1. The second-order valence-electron chi connectivity index (χ2n) is 9.38. The summed E-state index contributed by atoms with van der Waals surface area (Å²) >= 11 is 6.75. The van der Waals surface area contributed by atoms with E-state index < -0.39 is 28.5 Å². The Balaban J connectivity index is 2.02. The number of hydrogen-bond donors (Lipinski definition) is 1. The minimum absolute atomic E-state index is 0.0300. The zero-order valence-corrected chi connectivity index (χ0v) is 26.8. The van der Waals surface area contributed by atoms with Crippen LogP contribution in [-0.4, -0.2) is 50.4 Å². The summed E-state index contributed by atoms with van der Waals surface area (Å²) in [5, 5.41) is 2.85. The third-order valence-corrected chi connectivity index (χ3v) is 8.83.